The number of hydrogen-bond acceptors (Lipinski definition) is 7. The number of piperidine rings is 1. The Bertz CT molecular complexity index is 1050. The SMILES string of the molecule is COc1cc2ncc(-c3nc(NC4CNCCC4F)ncc3Cl)n2nc1C1CC1. The van der Waals surface area contributed by atoms with Crippen LogP contribution in [0.1, 0.15) is 30.9 Å². The Morgan fingerprint density at radius 1 is 1.28 bits per heavy atom. The summed E-state index contributed by atoms with van der Waals surface area (Å²) in [5.41, 5.74) is 2.70. The number of methoxy groups -OCH3 is 1. The lowest BCUT2D eigenvalue weighted by Crippen LogP contribution is -2.46. The summed E-state index contributed by atoms with van der Waals surface area (Å²) in [4.78, 5) is 13.2. The maximum atomic E-state index is 14.2. The molecule has 152 valence electrons. The normalized spacial score (nSPS) is 22.0. The predicted molar refractivity (Wildman–Crippen MR) is 107 cm³/mol. The average molecular weight is 418 g/mol. The summed E-state index contributed by atoms with van der Waals surface area (Å²) in [7, 11) is 1.64. The molecule has 1 aliphatic carbocycles. The number of halogens is 2. The second-order valence-electron chi connectivity index (χ2n) is 7.44. The van der Waals surface area contributed by atoms with E-state index in [2.05, 4.69) is 25.6 Å². The minimum atomic E-state index is -0.954. The molecule has 0 bridgehead atoms. The van der Waals surface area contributed by atoms with Crippen molar-refractivity contribution in [1.82, 2.24) is 29.9 Å². The summed E-state index contributed by atoms with van der Waals surface area (Å²) in [6.45, 7) is 1.19. The summed E-state index contributed by atoms with van der Waals surface area (Å²) in [6, 6.07) is 1.49. The van der Waals surface area contributed by atoms with Crippen LogP contribution in [0.25, 0.3) is 17.0 Å². The molecule has 8 nitrogen and oxygen atoms in total. The zero-order valence-electron chi connectivity index (χ0n) is 15.9. The first-order valence-electron chi connectivity index (χ1n) is 9.71. The van der Waals surface area contributed by atoms with Gasteiger partial charge in [0.25, 0.3) is 0 Å². The van der Waals surface area contributed by atoms with E-state index in [0.717, 1.165) is 24.3 Å². The van der Waals surface area contributed by atoms with Crippen LogP contribution in [0.3, 0.4) is 0 Å². The molecule has 2 aliphatic rings. The molecule has 0 amide bonds. The number of anilines is 1. The Labute approximate surface area is 171 Å². The van der Waals surface area contributed by atoms with Crippen molar-refractivity contribution in [1.29, 1.82) is 0 Å². The van der Waals surface area contributed by atoms with Crippen LogP contribution in [0.4, 0.5) is 10.3 Å². The third kappa shape index (κ3) is 3.49. The van der Waals surface area contributed by atoms with Crippen molar-refractivity contribution in [3.63, 3.8) is 0 Å². The standard InChI is InChI=1S/C19H21ClFN7O/c1-29-15-6-16-23-9-14(28(16)27-17(15)10-2-3-10)18-11(20)7-24-19(26-18)25-13-8-22-5-4-12(13)21/h6-7,9-10,12-13,22H,2-5,8H2,1H3,(H,24,25,26). The lowest BCUT2D eigenvalue weighted by molar-refractivity contribution is 0.240. The summed E-state index contributed by atoms with van der Waals surface area (Å²) >= 11 is 6.40. The Morgan fingerprint density at radius 3 is 2.90 bits per heavy atom. The largest absolute Gasteiger partial charge is 0.495 e. The minimum absolute atomic E-state index is 0.326. The molecular formula is C19H21ClFN7O. The van der Waals surface area contributed by atoms with E-state index < -0.39 is 6.17 Å². The van der Waals surface area contributed by atoms with Gasteiger partial charge in [0.2, 0.25) is 5.95 Å². The van der Waals surface area contributed by atoms with Crippen molar-refractivity contribution in [3.8, 4) is 17.1 Å². The molecule has 2 atom stereocenters. The third-order valence-electron chi connectivity index (χ3n) is 5.37. The van der Waals surface area contributed by atoms with Crippen LogP contribution in [-0.4, -0.2) is 57.0 Å². The highest BCUT2D eigenvalue weighted by Crippen LogP contribution is 2.43. The third-order valence-corrected chi connectivity index (χ3v) is 5.64. The lowest BCUT2D eigenvalue weighted by Gasteiger charge is -2.27. The number of hydrogen-bond donors (Lipinski definition) is 2. The molecular weight excluding hydrogens is 397 g/mol. The van der Waals surface area contributed by atoms with Gasteiger partial charge in [-0.1, -0.05) is 11.6 Å². The molecule has 2 unspecified atom stereocenters. The highest BCUT2D eigenvalue weighted by Gasteiger charge is 2.30. The van der Waals surface area contributed by atoms with Gasteiger partial charge in [0.1, 0.15) is 29.0 Å². The number of rotatable bonds is 5. The topological polar surface area (TPSA) is 89.3 Å². The zero-order valence-corrected chi connectivity index (χ0v) is 16.7. The minimum Gasteiger partial charge on any atom is -0.495 e. The Balaban J connectivity index is 1.53. The first kappa shape index (κ1) is 18.5. The molecule has 1 saturated heterocycles. The molecule has 0 spiro atoms. The molecule has 1 aliphatic heterocycles. The second-order valence-corrected chi connectivity index (χ2v) is 7.84. The maximum absolute atomic E-state index is 14.2. The number of ether oxygens (including phenoxy) is 1. The highest BCUT2D eigenvalue weighted by molar-refractivity contribution is 6.32. The molecule has 10 heteroatoms. The molecule has 0 radical (unpaired) electrons. The van der Waals surface area contributed by atoms with E-state index in [0.29, 0.717) is 53.4 Å². The molecule has 29 heavy (non-hydrogen) atoms. The van der Waals surface area contributed by atoms with E-state index in [1.807, 2.05) is 6.07 Å². The van der Waals surface area contributed by atoms with Crippen LogP contribution < -0.4 is 15.4 Å². The second kappa shape index (κ2) is 7.38. The zero-order chi connectivity index (χ0) is 20.0. The number of imidazole rings is 1. The first-order chi connectivity index (χ1) is 14.1. The molecule has 5 rings (SSSR count). The Kier molecular flexibility index (Phi) is 4.71. The van der Waals surface area contributed by atoms with Gasteiger partial charge < -0.3 is 15.4 Å². The number of aromatic nitrogens is 5. The Morgan fingerprint density at radius 2 is 2.14 bits per heavy atom. The summed E-state index contributed by atoms with van der Waals surface area (Å²) in [5, 5.41) is 11.4. The fourth-order valence-electron chi connectivity index (χ4n) is 3.63. The van der Waals surface area contributed by atoms with Crippen LogP contribution in [0, 0.1) is 0 Å². The molecule has 2 N–H and O–H groups in total. The first-order valence-corrected chi connectivity index (χ1v) is 10.1. The van der Waals surface area contributed by atoms with Crippen molar-refractivity contribution in [2.24, 2.45) is 0 Å². The van der Waals surface area contributed by atoms with Gasteiger partial charge in [-0.05, 0) is 25.8 Å². The van der Waals surface area contributed by atoms with Crippen molar-refractivity contribution in [2.75, 3.05) is 25.5 Å². The van der Waals surface area contributed by atoms with E-state index >= 15 is 0 Å². The van der Waals surface area contributed by atoms with Crippen molar-refractivity contribution < 1.29 is 9.13 Å². The molecule has 1 saturated carbocycles. The summed E-state index contributed by atoms with van der Waals surface area (Å²) in [5.74, 6) is 1.47. The van der Waals surface area contributed by atoms with Gasteiger partial charge >= 0.3 is 0 Å². The van der Waals surface area contributed by atoms with Crippen LogP contribution in [0.2, 0.25) is 5.02 Å². The van der Waals surface area contributed by atoms with Crippen molar-refractivity contribution >= 4 is 23.2 Å². The predicted octanol–water partition coefficient (Wildman–Crippen LogP) is 2.84. The highest BCUT2D eigenvalue weighted by atomic mass is 35.5. The molecule has 3 aromatic heterocycles. The summed E-state index contributed by atoms with van der Waals surface area (Å²) < 4.78 is 21.4. The Hall–Kier alpha value is -2.52. The number of alkyl halides is 1. The smallest absolute Gasteiger partial charge is 0.223 e. The van der Waals surface area contributed by atoms with E-state index in [-0.39, 0.29) is 6.04 Å². The van der Waals surface area contributed by atoms with Gasteiger partial charge in [-0.2, -0.15) is 5.10 Å². The molecule has 0 aromatic carbocycles. The molecule has 2 fully saturated rings. The van der Waals surface area contributed by atoms with Crippen LogP contribution in [0.5, 0.6) is 5.75 Å². The monoisotopic (exact) mass is 417 g/mol. The average Bonchev–Trinajstić information content (AvgIpc) is 3.50. The number of nitrogens with one attached hydrogen (secondary N) is 2. The van der Waals surface area contributed by atoms with Gasteiger partial charge in [-0.3, -0.25) is 0 Å². The van der Waals surface area contributed by atoms with Gasteiger partial charge in [0.05, 0.1) is 30.6 Å². The number of fused-ring (bicyclic) bond motifs is 1. The van der Waals surface area contributed by atoms with Crippen LogP contribution in [0.15, 0.2) is 18.5 Å². The fraction of sp³-hybridized carbons (Fsp3) is 0.474. The van der Waals surface area contributed by atoms with Gasteiger partial charge in [-0.25, -0.2) is 23.9 Å². The summed E-state index contributed by atoms with van der Waals surface area (Å²) in [6.07, 6.45) is 4.89. The van der Waals surface area contributed by atoms with E-state index in [9.17, 15) is 4.39 Å². The van der Waals surface area contributed by atoms with E-state index in [1.165, 1.54) is 6.20 Å². The fourth-order valence-corrected chi connectivity index (χ4v) is 3.81. The van der Waals surface area contributed by atoms with Gasteiger partial charge in [0.15, 0.2) is 5.65 Å². The van der Waals surface area contributed by atoms with Crippen molar-refractivity contribution in [3.05, 3.63) is 29.2 Å². The molecule has 3 aromatic rings. The van der Waals surface area contributed by atoms with E-state index in [1.54, 1.807) is 17.8 Å². The van der Waals surface area contributed by atoms with E-state index in [4.69, 9.17) is 21.4 Å². The van der Waals surface area contributed by atoms with Crippen LogP contribution >= 0.6 is 11.6 Å². The van der Waals surface area contributed by atoms with Crippen molar-refractivity contribution in [2.45, 2.75) is 37.4 Å². The maximum Gasteiger partial charge on any atom is 0.223 e. The quantitative estimate of drug-likeness (QED) is 0.659. The number of nitrogens with zero attached hydrogens (tertiary/aromatic N) is 5. The molecule has 4 heterocycles. The van der Waals surface area contributed by atoms with Gasteiger partial charge in [-0.15, -0.1) is 0 Å². The van der Waals surface area contributed by atoms with Crippen LogP contribution in [-0.2, 0) is 0 Å². The van der Waals surface area contributed by atoms with Gasteiger partial charge in [0, 0.05) is 18.5 Å². The lowest BCUT2D eigenvalue weighted by atomic mass is 10.1.